The van der Waals surface area contributed by atoms with E-state index in [2.05, 4.69) is 0 Å². The third-order valence-electron chi connectivity index (χ3n) is 6.94. The molecule has 0 N–H and O–H groups in total. The fourth-order valence-corrected chi connectivity index (χ4v) is 5.20. The van der Waals surface area contributed by atoms with Gasteiger partial charge in [0.1, 0.15) is 5.75 Å². The van der Waals surface area contributed by atoms with Gasteiger partial charge in [0.25, 0.3) is 0 Å². The Balaban J connectivity index is 1.30. The summed E-state index contributed by atoms with van der Waals surface area (Å²) in [5, 5.41) is 0. The van der Waals surface area contributed by atoms with Gasteiger partial charge >= 0.3 is 5.97 Å². The summed E-state index contributed by atoms with van der Waals surface area (Å²) >= 11 is 0. The Labute approximate surface area is 198 Å². The lowest BCUT2D eigenvalue weighted by Gasteiger charge is -2.22. The first-order valence-electron chi connectivity index (χ1n) is 11.6. The molecule has 0 aromatic heterocycles. The normalized spacial score (nSPS) is 26.2. The molecule has 174 valence electrons. The van der Waals surface area contributed by atoms with Crippen molar-refractivity contribution in [3.05, 3.63) is 66.2 Å². The molecule has 2 saturated heterocycles. The van der Waals surface area contributed by atoms with E-state index < -0.39 is 11.9 Å². The Morgan fingerprint density at radius 1 is 1.00 bits per heavy atom. The number of imide groups is 1. The Hall–Kier alpha value is -3.74. The second-order valence-corrected chi connectivity index (χ2v) is 9.33. The van der Waals surface area contributed by atoms with Crippen LogP contribution in [0.1, 0.15) is 25.3 Å². The zero-order valence-electron chi connectivity index (χ0n) is 19.1. The maximum absolute atomic E-state index is 13.1. The van der Waals surface area contributed by atoms with Crippen molar-refractivity contribution in [2.75, 3.05) is 16.3 Å². The SMILES string of the molecule is Cc1cccc(N2CC(C(=O)Oc3cccc(N4C(=O)C5CC=CC(C)C5C4=O)c3)CC2=O)c1. The molecule has 1 aliphatic carbocycles. The summed E-state index contributed by atoms with van der Waals surface area (Å²) in [6.07, 6.45) is 4.57. The van der Waals surface area contributed by atoms with Crippen LogP contribution in [0.2, 0.25) is 0 Å². The monoisotopic (exact) mass is 458 g/mol. The van der Waals surface area contributed by atoms with Crippen LogP contribution in [0, 0.1) is 30.6 Å². The maximum atomic E-state index is 13.1. The summed E-state index contributed by atoms with van der Waals surface area (Å²) in [7, 11) is 0. The number of benzene rings is 2. The van der Waals surface area contributed by atoms with Gasteiger partial charge in [0.15, 0.2) is 0 Å². The molecule has 0 saturated carbocycles. The molecule has 0 spiro atoms. The molecule has 3 amide bonds. The Morgan fingerprint density at radius 3 is 2.53 bits per heavy atom. The van der Waals surface area contributed by atoms with Crippen molar-refractivity contribution in [1.82, 2.24) is 0 Å². The molecule has 2 heterocycles. The van der Waals surface area contributed by atoms with Gasteiger partial charge in [-0.15, -0.1) is 0 Å². The van der Waals surface area contributed by atoms with E-state index in [1.54, 1.807) is 23.1 Å². The van der Waals surface area contributed by atoms with Gasteiger partial charge in [0, 0.05) is 24.7 Å². The van der Waals surface area contributed by atoms with Crippen LogP contribution in [0.25, 0.3) is 0 Å². The predicted octanol–water partition coefficient (Wildman–Crippen LogP) is 3.66. The number of nitrogens with zero attached hydrogens (tertiary/aromatic N) is 2. The number of hydrogen-bond acceptors (Lipinski definition) is 5. The van der Waals surface area contributed by atoms with Gasteiger partial charge in [-0.2, -0.15) is 0 Å². The van der Waals surface area contributed by atoms with E-state index in [4.69, 9.17) is 4.74 Å². The second kappa shape index (κ2) is 8.56. The number of ether oxygens (including phenoxy) is 1. The molecule has 4 unspecified atom stereocenters. The number of fused-ring (bicyclic) bond motifs is 1. The highest BCUT2D eigenvalue weighted by molar-refractivity contribution is 6.22. The zero-order chi connectivity index (χ0) is 24.0. The Bertz CT molecular complexity index is 1220. The molecular formula is C27H26N2O5. The van der Waals surface area contributed by atoms with Crippen LogP contribution >= 0.6 is 0 Å². The minimum absolute atomic E-state index is 0.00235. The lowest BCUT2D eigenvalue weighted by atomic mass is 9.78. The molecule has 2 aromatic carbocycles. The largest absolute Gasteiger partial charge is 0.426 e. The van der Waals surface area contributed by atoms with E-state index in [9.17, 15) is 19.2 Å². The highest BCUT2D eigenvalue weighted by Gasteiger charge is 2.50. The van der Waals surface area contributed by atoms with E-state index in [0.29, 0.717) is 12.1 Å². The second-order valence-electron chi connectivity index (χ2n) is 9.33. The van der Waals surface area contributed by atoms with Crippen molar-refractivity contribution in [3.63, 3.8) is 0 Å². The van der Waals surface area contributed by atoms with Crippen LogP contribution in [0.4, 0.5) is 11.4 Å². The van der Waals surface area contributed by atoms with E-state index >= 15 is 0 Å². The third-order valence-corrected chi connectivity index (χ3v) is 6.94. The van der Waals surface area contributed by atoms with Gasteiger partial charge in [-0.25, -0.2) is 4.90 Å². The number of carbonyl (C=O) groups is 4. The van der Waals surface area contributed by atoms with Crippen molar-refractivity contribution in [2.24, 2.45) is 23.7 Å². The number of allylic oxidation sites excluding steroid dienone is 2. The molecule has 34 heavy (non-hydrogen) atoms. The minimum atomic E-state index is -0.596. The number of hydrogen-bond donors (Lipinski definition) is 0. The van der Waals surface area contributed by atoms with Gasteiger partial charge in [-0.05, 0) is 49.1 Å². The summed E-state index contributed by atoms with van der Waals surface area (Å²) in [5.74, 6) is -2.14. The van der Waals surface area contributed by atoms with E-state index in [-0.39, 0.29) is 54.2 Å². The molecule has 7 heteroatoms. The summed E-state index contributed by atoms with van der Waals surface area (Å²) in [5.41, 5.74) is 2.19. The summed E-state index contributed by atoms with van der Waals surface area (Å²) in [4.78, 5) is 54.3. The topological polar surface area (TPSA) is 84.0 Å². The number of aryl methyl sites for hydroxylation is 1. The highest BCUT2D eigenvalue weighted by atomic mass is 16.5. The smallest absolute Gasteiger partial charge is 0.316 e. The van der Waals surface area contributed by atoms with Crippen LogP contribution in [0.5, 0.6) is 5.75 Å². The van der Waals surface area contributed by atoms with Crippen molar-refractivity contribution in [1.29, 1.82) is 0 Å². The lowest BCUT2D eigenvalue weighted by molar-refractivity contribution is -0.139. The molecule has 3 aliphatic rings. The molecule has 2 aliphatic heterocycles. The molecule has 7 nitrogen and oxygen atoms in total. The van der Waals surface area contributed by atoms with Crippen molar-refractivity contribution in [3.8, 4) is 5.75 Å². The van der Waals surface area contributed by atoms with Gasteiger partial charge in [-0.1, -0.05) is 37.3 Å². The molecular weight excluding hydrogens is 432 g/mol. The Morgan fingerprint density at radius 2 is 1.76 bits per heavy atom. The van der Waals surface area contributed by atoms with E-state index in [1.165, 1.54) is 11.0 Å². The summed E-state index contributed by atoms with van der Waals surface area (Å²) in [6, 6.07) is 14.1. The molecule has 0 radical (unpaired) electrons. The number of rotatable bonds is 4. The first-order chi connectivity index (χ1) is 16.3. The summed E-state index contributed by atoms with van der Waals surface area (Å²) < 4.78 is 5.59. The average molecular weight is 459 g/mol. The summed E-state index contributed by atoms with van der Waals surface area (Å²) in [6.45, 7) is 4.14. The predicted molar refractivity (Wildman–Crippen MR) is 126 cm³/mol. The van der Waals surface area contributed by atoms with Crippen molar-refractivity contribution in [2.45, 2.75) is 26.7 Å². The molecule has 2 aromatic rings. The van der Waals surface area contributed by atoms with E-state index in [1.807, 2.05) is 50.3 Å². The van der Waals surface area contributed by atoms with Crippen LogP contribution in [-0.4, -0.2) is 30.2 Å². The quantitative estimate of drug-likeness (QED) is 0.302. The number of anilines is 2. The third kappa shape index (κ3) is 3.81. The maximum Gasteiger partial charge on any atom is 0.316 e. The van der Waals surface area contributed by atoms with Crippen LogP contribution in [0.3, 0.4) is 0 Å². The average Bonchev–Trinajstić information content (AvgIpc) is 3.32. The number of amides is 3. The fraction of sp³-hybridized carbons (Fsp3) is 0.333. The highest BCUT2D eigenvalue weighted by Crippen LogP contribution is 2.41. The van der Waals surface area contributed by atoms with Gasteiger partial charge < -0.3 is 9.64 Å². The van der Waals surface area contributed by atoms with Crippen LogP contribution < -0.4 is 14.5 Å². The number of esters is 1. The minimum Gasteiger partial charge on any atom is -0.426 e. The van der Waals surface area contributed by atoms with Crippen LogP contribution in [-0.2, 0) is 19.2 Å². The van der Waals surface area contributed by atoms with E-state index in [0.717, 1.165) is 11.3 Å². The van der Waals surface area contributed by atoms with Gasteiger partial charge in [0.2, 0.25) is 17.7 Å². The Kier molecular flexibility index (Phi) is 5.55. The van der Waals surface area contributed by atoms with Crippen molar-refractivity contribution >= 4 is 35.1 Å². The molecule has 2 fully saturated rings. The lowest BCUT2D eigenvalue weighted by Crippen LogP contribution is -2.31. The fourth-order valence-electron chi connectivity index (χ4n) is 5.20. The van der Waals surface area contributed by atoms with Gasteiger partial charge in [-0.3, -0.25) is 19.2 Å². The van der Waals surface area contributed by atoms with Crippen molar-refractivity contribution < 1.29 is 23.9 Å². The first-order valence-corrected chi connectivity index (χ1v) is 11.6. The van der Waals surface area contributed by atoms with Gasteiger partial charge in [0.05, 0.1) is 23.4 Å². The molecule has 5 rings (SSSR count). The standard InChI is InChI=1S/C27H26N2O5/c1-16-6-3-8-19(12-16)28-15-18(13-23(28)30)27(33)34-21-10-5-9-20(14-21)29-25(31)22-11-4-7-17(2)24(22)26(29)32/h3-10,12,14,17-18,22,24H,11,13,15H2,1-2H3. The number of carbonyl (C=O) groups excluding carboxylic acids is 4. The zero-order valence-corrected chi connectivity index (χ0v) is 19.1. The van der Waals surface area contributed by atoms with Crippen LogP contribution in [0.15, 0.2) is 60.7 Å². The molecule has 4 atom stereocenters. The molecule has 0 bridgehead atoms. The first kappa shape index (κ1) is 22.1.